The van der Waals surface area contributed by atoms with Crippen LogP contribution in [0.2, 0.25) is 0 Å². The van der Waals surface area contributed by atoms with Gasteiger partial charge in [0.15, 0.2) is 12.0 Å². The molecule has 0 bridgehead atoms. The Kier molecular flexibility index (Phi) is 6.37. The molecule has 0 radical (unpaired) electrons. The predicted octanol–water partition coefficient (Wildman–Crippen LogP) is 2.26. The number of hydrogen-bond donors (Lipinski definition) is 2. The van der Waals surface area contributed by atoms with Gasteiger partial charge in [-0.3, -0.25) is 13.9 Å². The lowest BCUT2D eigenvalue weighted by molar-refractivity contribution is -0.199. The number of carbonyl (C=O) groups excluding carboxylic acids is 1. The van der Waals surface area contributed by atoms with Gasteiger partial charge in [-0.2, -0.15) is 4.98 Å². The fourth-order valence-electron chi connectivity index (χ4n) is 3.70. The highest BCUT2D eigenvalue weighted by molar-refractivity contribution is 7.56. The van der Waals surface area contributed by atoms with Crippen LogP contribution in [0.15, 0.2) is 59.8 Å². The monoisotopic (exact) mass is 477 g/mol. The lowest BCUT2D eigenvalue weighted by atomic mass is 10.1. The normalized spacial score (nSPS) is 27.5. The summed E-state index contributed by atoms with van der Waals surface area (Å²) in [6.07, 6.45) is -1.63. The molecule has 2 fully saturated rings. The molecule has 0 saturated carbocycles. The molecule has 5 atom stereocenters. The van der Waals surface area contributed by atoms with Crippen LogP contribution in [-0.2, 0) is 23.3 Å². The number of fused-ring (bicyclic) bond motifs is 1. The Hall–Kier alpha value is -2.66. The molecule has 3 heterocycles. The first-order valence-electron chi connectivity index (χ1n) is 10.2. The van der Waals surface area contributed by atoms with Crippen LogP contribution < -0.4 is 11.0 Å². The zero-order chi connectivity index (χ0) is 23.8. The van der Waals surface area contributed by atoms with Gasteiger partial charge in [-0.1, -0.05) is 24.8 Å². The van der Waals surface area contributed by atoms with Crippen LogP contribution in [0, 0.1) is 0 Å². The molecule has 2 N–H and O–H groups in total. The highest BCUT2D eigenvalue weighted by atomic mass is 31.2. The van der Waals surface area contributed by atoms with E-state index >= 15 is 0 Å². The van der Waals surface area contributed by atoms with Crippen molar-refractivity contribution in [2.24, 2.45) is 0 Å². The first kappa shape index (κ1) is 23.5. The third-order valence-corrected chi connectivity index (χ3v) is 6.14. The van der Waals surface area contributed by atoms with Crippen molar-refractivity contribution >= 4 is 19.3 Å². The van der Waals surface area contributed by atoms with E-state index in [0.717, 1.165) is 5.82 Å². The topological polar surface area (TPSA) is 138 Å². The highest BCUT2D eigenvalue weighted by Crippen LogP contribution is 2.46. The molecule has 4 rings (SSSR count). The molecule has 0 aliphatic carbocycles. The molecule has 33 heavy (non-hydrogen) atoms. The smallest absolute Gasteiger partial charge is 0.346 e. The molecule has 2 saturated heterocycles. The van der Waals surface area contributed by atoms with Crippen LogP contribution >= 0.6 is 7.60 Å². The molecule has 1 amide bonds. The highest BCUT2D eigenvalue weighted by Gasteiger charge is 2.56. The van der Waals surface area contributed by atoms with Gasteiger partial charge < -0.3 is 28.9 Å². The van der Waals surface area contributed by atoms with E-state index in [2.05, 4.69) is 16.9 Å². The van der Waals surface area contributed by atoms with E-state index in [1.165, 1.54) is 16.8 Å². The Bertz CT molecular complexity index is 1150. The first-order valence-corrected chi connectivity index (χ1v) is 11.8. The number of ether oxygens (including phenoxy) is 3. The van der Waals surface area contributed by atoms with Crippen LogP contribution in [-0.4, -0.2) is 51.1 Å². The molecular weight excluding hydrogens is 453 g/mol. The summed E-state index contributed by atoms with van der Waals surface area (Å²) in [6, 6.07) is 9.99. The van der Waals surface area contributed by atoms with Gasteiger partial charge in [0.1, 0.15) is 24.1 Å². The Balaban J connectivity index is 1.53. The Morgan fingerprint density at radius 3 is 2.67 bits per heavy atom. The van der Waals surface area contributed by atoms with Crippen LogP contribution in [0.4, 0.5) is 5.82 Å². The number of nitrogens with zero attached hydrogens (tertiary/aromatic N) is 2. The standard InChI is InChI=1S/C21H24N3O8P/c1-4-33(27,28)29-12-14-16-17(32-21(2,3)31-16)19(30-14)24-11-10-15(23-20(24)26)22-18(25)13-8-6-5-7-9-13/h4-11,14,16-17,19H,1,12H2,2-3H3,(H,27,28)(H,22,23,25,26)/t14-,16-,17-,19-/m1/s1. The fraction of sp³-hybridized carbons (Fsp3) is 0.381. The van der Waals surface area contributed by atoms with Gasteiger partial charge in [0.05, 0.1) is 6.61 Å². The summed E-state index contributed by atoms with van der Waals surface area (Å²) in [4.78, 5) is 38.6. The summed E-state index contributed by atoms with van der Waals surface area (Å²) in [7, 11) is -3.97. The van der Waals surface area contributed by atoms with E-state index in [1.54, 1.807) is 44.2 Å². The van der Waals surface area contributed by atoms with E-state index < -0.39 is 49.5 Å². The van der Waals surface area contributed by atoms with Gasteiger partial charge in [0.25, 0.3) is 5.91 Å². The van der Waals surface area contributed by atoms with Gasteiger partial charge >= 0.3 is 13.3 Å². The minimum atomic E-state index is -3.97. The van der Waals surface area contributed by atoms with Crippen molar-refractivity contribution in [1.29, 1.82) is 0 Å². The Morgan fingerprint density at radius 1 is 1.30 bits per heavy atom. The van der Waals surface area contributed by atoms with Crippen molar-refractivity contribution in [2.75, 3.05) is 11.9 Å². The van der Waals surface area contributed by atoms with Crippen LogP contribution in [0.1, 0.15) is 30.4 Å². The van der Waals surface area contributed by atoms with E-state index in [1.807, 2.05) is 0 Å². The SMILES string of the molecule is C=CP(=O)(O)OC[C@H]1O[C@@H](n2ccc(NC(=O)c3ccccc3)nc2=O)[C@@H]2OC(C)(C)O[C@@H]21. The minimum Gasteiger partial charge on any atom is -0.346 e. The average Bonchev–Trinajstić information content (AvgIpc) is 3.26. The molecule has 11 nitrogen and oxygen atoms in total. The molecule has 2 aromatic rings. The average molecular weight is 477 g/mol. The number of anilines is 1. The number of nitrogens with one attached hydrogen (secondary N) is 1. The number of hydrogen-bond acceptors (Lipinski definition) is 8. The van der Waals surface area contributed by atoms with E-state index in [0.29, 0.717) is 5.56 Å². The van der Waals surface area contributed by atoms with Gasteiger partial charge in [0, 0.05) is 17.6 Å². The van der Waals surface area contributed by atoms with Gasteiger partial charge in [-0.15, -0.1) is 0 Å². The maximum Gasteiger partial charge on any atom is 0.351 e. The van der Waals surface area contributed by atoms with E-state index in [4.69, 9.17) is 18.7 Å². The molecule has 2 aliphatic heterocycles. The Labute approximate surface area is 189 Å². The molecule has 1 unspecified atom stereocenters. The van der Waals surface area contributed by atoms with Crippen LogP contribution in [0.25, 0.3) is 0 Å². The molecule has 1 aromatic heterocycles. The fourth-order valence-corrected chi connectivity index (χ4v) is 4.17. The second-order valence-electron chi connectivity index (χ2n) is 8.00. The maximum atomic E-state index is 12.8. The second kappa shape index (κ2) is 8.94. The molecular formula is C21H24N3O8P. The quantitative estimate of drug-likeness (QED) is 0.575. The van der Waals surface area contributed by atoms with Crippen molar-refractivity contribution in [3.05, 3.63) is 71.0 Å². The molecule has 176 valence electrons. The van der Waals surface area contributed by atoms with E-state index in [9.17, 15) is 19.0 Å². The van der Waals surface area contributed by atoms with Crippen molar-refractivity contribution in [1.82, 2.24) is 9.55 Å². The number of benzene rings is 1. The zero-order valence-electron chi connectivity index (χ0n) is 18.0. The van der Waals surface area contributed by atoms with E-state index in [-0.39, 0.29) is 12.4 Å². The summed E-state index contributed by atoms with van der Waals surface area (Å²) in [5, 5.41) is 2.58. The number of aromatic nitrogens is 2. The van der Waals surface area contributed by atoms with Crippen molar-refractivity contribution < 1.29 is 33.0 Å². The summed E-state index contributed by atoms with van der Waals surface area (Å²) in [5.41, 5.74) is -0.258. The lowest BCUT2D eigenvalue weighted by Gasteiger charge is -2.25. The van der Waals surface area contributed by atoms with Crippen LogP contribution in [0.5, 0.6) is 0 Å². The van der Waals surface area contributed by atoms with Gasteiger partial charge in [0.2, 0.25) is 0 Å². The molecule has 0 spiro atoms. The second-order valence-corrected chi connectivity index (χ2v) is 9.75. The number of carbonyl (C=O) groups is 1. The summed E-state index contributed by atoms with van der Waals surface area (Å²) in [5.74, 6) is -0.461. The van der Waals surface area contributed by atoms with Gasteiger partial charge in [-0.05, 0) is 32.0 Å². The van der Waals surface area contributed by atoms with Crippen molar-refractivity contribution in [3.63, 3.8) is 0 Å². The Morgan fingerprint density at radius 2 is 2.00 bits per heavy atom. The number of amides is 1. The molecule has 12 heteroatoms. The third-order valence-electron chi connectivity index (χ3n) is 5.16. The third kappa shape index (κ3) is 5.14. The first-order chi connectivity index (χ1) is 15.6. The van der Waals surface area contributed by atoms with Crippen LogP contribution in [0.3, 0.4) is 0 Å². The zero-order valence-corrected chi connectivity index (χ0v) is 18.9. The maximum absolute atomic E-state index is 12.8. The van der Waals surface area contributed by atoms with Crippen molar-refractivity contribution in [3.8, 4) is 0 Å². The molecule has 1 aromatic carbocycles. The summed E-state index contributed by atoms with van der Waals surface area (Å²) < 4.78 is 35.8. The predicted molar refractivity (Wildman–Crippen MR) is 117 cm³/mol. The molecule has 2 aliphatic rings. The summed E-state index contributed by atoms with van der Waals surface area (Å²) >= 11 is 0. The lowest BCUT2D eigenvalue weighted by Crippen LogP contribution is -2.35. The summed E-state index contributed by atoms with van der Waals surface area (Å²) in [6.45, 7) is 6.42. The largest absolute Gasteiger partial charge is 0.351 e. The number of rotatable bonds is 7. The van der Waals surface area contributed by atoms with Crippen molar-refractivity contribution in [2.45, 2.75) is 44.2 Å². The minimum absolute atomic E-state index is 0.0793. The van der Waals surface area contributed by atoms with Gasteiger partial charge in [-0.25, -0.2) is 4.79 Å².